The molecule has 1 aromatic carbocycles. The molecule has 1 fully saturated rings. The molecule has 1 aromatic rings. The Morgan fingerprint density at radius 1 is 1.38 bits per heavy atom. The van der Waals surface area contributed by atoms with Crippen molar-refractivity contribution in [1.82, 2.24) is 4.90 Å². The third-order valence-corrected chi connectivity index (χ3v) is 4.30. The van der Waals surface area contributed by atoms with E-state index in [9.17, 15) is 19.7 Å². The van der Waals surface area contributed by atoms with Crippen molar-refractivity contribution in [2.24, 2.45) is 5.92 Å². The second kappa shape index (κ2) is 7.87. The Morgan fingerprint density at radius 2 is 2.04 bits per heavy atom. The number of carbonyl (C=O) groups is 2. The van der Waals surface area contributed by atoms with Gasteiger partial charge in [-0.1, -0.05) is 6.07 Å². The largest absolute Gasteiger partial charge is 0.481 e. The minimum absolute atomic E-state index is 0.0633. The number of anilines is 1. The fourth-order valence-electron chi connectivity index (χ4n) is 2.73. The molecule has 0 bridgehead atoms. The van der Waals surface area contributed by atoms with Gasteiger partial charge in [-0.15, -0.1) is 0 Å². The van der Waals surface area contributed by atoms with E-state index < -0.39 is 10.9 Å². The Hall–Kier alpha value is -2.48. The molecule has 0 aromatic heterocycles. The zero-order valence-corrected chi connectivity index (χ0v) is 13.5. The molecule has 8 heteroatoms. The first-order valence-electron chi connectivity index (χ1n) is 7.87. The molecular formula is C16H21N3O5. The van der Waals surface area contributed by atoms with E-state index >= 15 is 0 Å². The molecule has 8 nitrogen and oxygen atoms in total. The van der Waals surface area contributed by atoms with E-state index in [2.05, 4.69) is 10.2 Å². The average Bonchev–Trinajstić information content (AvgIpc) is 2.55. The van der Waals surface area contributed by atoms with Crippen molar-refractivity contribution >= 4 is 23.3 Å². The maximum atomic E-state index is 12.1. The number of carbonyl (C=O) groups excluding carboxylic acids is 1. The van der Waals surface area contributed by atoms with Crippen LogP contribution >= 0.6 is 0 Å². The number of carboxylic acids is 1. The van der Waals surface area contributed by atoms with Crippen LogP contribution in [0.2, 0.25) is 0 Å². The molecule has 0 spiro atoms. The molecule has 0 saturated carbocycles. The van der Waals surface area contributed by atoms with Gasteiger partial charge >= 0.3 is 5.97 Å². The van der Waals surface area contributed by atoms with Crippen LogP contribution in [0.15, 0.2) is 18.2 Å². The van der Waals surface area contributed by atoms with Crippen molar-refractivity contribution in [2.75, 3.05) is 25.0 Å². The Balaban J connectivity index is 1.83. The van der Waals surface area contributed by atoms with Crippen LogP contribution in [0.25, 0.3) is 0 Å². The van der Waals surface area contributed by atoms with Gasteiger partial charge in [0, 0.05) is 25.1 Å². The normalized spacial score (nSPS) is 15.9. The number of aryl methyl sites for hydroxylation is 1. The van der Waals surface area contributed by atoms with E-state index in [0.717, 1.165) is 5.56 Å². The van der Waals surface area contributed by atoms with Gasteiger partial charge < -0.3 is 15.3 Å². The van der Waals surface area contributed by atoms with Gasteiger partial charge in [0.15, 0.2) is 0 Å². The number of piperidine rings is 1. The second-order valence-electron chi connectivity index (χ2n) is 6.01. The second-order valence-corrected chi connectivity index (χ2v) is 6.01. The van der Waals surface area contributed by atoms with Crippen LogP contribution in [0.4, 0.5) is 11.4 Å². The Bertz CT molecular complexity index is 639. The molecule has 2 rings (SSSR count). The molecule has 24 heavy (non-hydrogen) atoms. The Labute approximate surface area is 139 Å². The fraction of sp³-hybridized carbons (Fsp3) is 0.500. The van der Waals surface area contributed by atoms with Crippen molar-refractivity contribution in [3.05, 3.63) is 33.9 Å². The van der Waals surface area contributed by atoms with Crippen molar-refractivity contribution < 1.29 is 19.6 Å². The minimum atomic E-state index is -0.756. The van der Waals surface area contributed by atoms with Crippen molar-refractivity contribution in [3.8, 4) is 0 Å². The summed E-state index contributed by atoms with van der Waals surface area (Å²) < 4.78 is 0. The number of nitrogens with zero attached hydrogens (tertiary/aromatic N) is 2. The third-order valence-electron chi connectivity index (χ3n) is 4.30. The van der Waals surface area contributed by atoms with E-state index in [1.54, 1.807) is 13.0 Å². The summed E-state index contributed by atoms with van der Waals surface area (Å²) in [5.74, 6) is -1.25. The first-order valence-corrected chi connectivity index (χ1v) is 7.87. The summed E-state index contributed by atoms with van der Waals surface area (Å²) >= 11 is 0. The highest BCUT2D eigenvalue weighted by Gasteiger charge is 2.24. The first-order chi connectivity index (χ1) is 11.4. The number of amides is 1. The maximum Gasteiger partial charge on any atom is 0.306 e. The molecule has 1 aliphatic rings. The van der Waals surface area contributed by atoms with E-state index in [-0.39, 0.29) is 23.9 Å². The number of rotatable bonds is 6. The van der Waals surface area contributed by atoms with Gasteiger partial charge in [0.1, 0.15) is 0 Å². The number of hydrogen-bond acceptors (Lipinski definition) is 5. The van der Waals surface area contributed by atoms with Crippen LogP contribution in [0, 0.1) is 23.0 Å². The molecule has 1 amide bonds. The highest BCUT2D eigenvalue weighted by Crippen LogP contribution is 2.22. The van der Waals surface area contributed by atoms with Crippen LogP contribution in [-0.2, 0) is 9.59 Å². The number of hydrogen-bond donors (Lipinski definition) is 2. The van der Waals surface area contributed by atoms with E-state index in [4.69, 9.17) is 5.11 Å². The van der Waals surface area contributed by atoms with E-state index in [0.29, 0.717) is 38.2 Å². The summed E-state index contributed by atoms with van der Waals surface area (Å²) in [6.07, 6.45) is 1.46. The molecule has 1 saturated heterocycles. The fourth-order valence-corrected chi connectivity index (χ4v) is 2.73. The van der Waals surface area contributed by atoms with Gasteiger partial charge in [0.05, 0.1) is 16.5 Å². The molecular weight excluding hydrogens is 314 g/mol. The van der Waals surface area contributed by atoms with Crippen LogP contribution < -0.4 is 5.32 Å². The van der Waals surface area contributed by atoms with Crippen LogP contribution in [0.1, 0.15) is 24.8 Å². The number of non-ortho nitro benzene ring substituents is 1. The summed E-state index contributed by atoms with van der Waals surface area (Å²) in [4.78, 5) is 35.3. The minimum Gasteiger partial charge on any atom is -0.481 e. The number of aliphatic carboxylic acids is 1. The third kappa shape index (κ3) is 4.76. The number of likely N-dealkylation sites (tertiary alicyclic amines) is 1. The number of nitrogens with one attached hydrogen (secondary N) is 1. The Kier molecular flexibility index (Phi) is 5.86. The van der Waals surface area contributed by atoms with Crippen molar-refractivity contribution in [2.45, 2.75) is 26.2 Å². The van der Waals surface area contributed by atoms with Gasteiger partial charge in [0.2, 0.25) is 5.91 Å². The molecule has 1 aliphatic heterocycles. The highest BCUT2D eigenvalue weighted by atomic mass is 16.6. The monoisotopic (exact) mass is 335 g/mol. The number of carboxylic acid groups (broad SMARTS) is 1. The number of benzene rings is 1. The van der Waals surface area contributed by atoms with Gasteiger partial charge in [-0.2, -0.15) is 0 Å². The SMILES string of the molecule is Cc1ccc([N+](=O)[O-])cc1NC(=O)CCN1CCC(C(=O)O)CC1. The molecule has 130 valence electrons. The van der Waals surface area contributed by atoms with E-state index in [1.807, 2.05) is 0 Å². The lowest BCUT2D eigenvalue weighted by molar-refractivity contribution is -0.384. The van der Waals surface area contributed by atoms with Gasteiger partial charge in [-0.05, 0) is 38.4 Å². The zero-order valence-electron chi connectivity index (χ0n) is 13.5. The average molecular weight is 335 g/mol. The predicted octanol–water partition coefficient (Wildman–Crippen LogP) is 2.03. The maximum absolute atomic E-state index is 12.1. The summed E-state index contributed by atoms with van der Waals surface area (Å²) in [6.45, 7) is 3.66. The molecule has 2 N–H and O–H groups in total. The summed E-state index contributed by atoms with van der Waals surface area (Å²) in [6, 6.07) is 4.35. The van der Waals surface area contributed by atoms with Crippen molar-refractivity contribution in [3.63, 3.8) is 0 Å². The summed E-state index contributed by atoms with van der Waals surface area (Å²) in [7, 11) is 0. The molecule has 0 radical (unpaired) electrons. The Morgan fingerprint density at radius 3 is 2.62 bits per heavy atom. The van der Waals surface area contributed by atoms with Crippen LogP contribution in [0.3, 0.4) is 0 Å². The van der Waals surface area contributed by atoms with Crippen molar-refractivity contribution in [1.29, 1.82) is 0 Å². The topological polar surface area (TPSA) is 113 Å². The quantitative estimate of drug-likeness (QED) is 0.607. The van der Waals surface area contributed by atoms with Gasteiger partial charge in [-0.25, -0.2) is 0 Å². The van der Waals surface area contributed by atoms with Gasteiger partial charge in [0.25, 0.3) is 5.69 Å². The van der Waals surface area contributed by atoms with Gasteiger partial charge in [-0.3, -0.25) is 19.7 Å². The first kappa shape index (κ1) is 17.9. The smallest absolute Gasteiger partial charge is 0.306 e. The van der Waals surface area contributed by atoms with E-state index in [1.165, 1.54) is 12.1 Å². The van der Waals surface area contributed by atoms with Crippen LogP contribution in [-0.4, -0.2) is 46.4 Å². The lowest BCUT2D eigenvalue weighted by atomic mass is 9.97. The lowest BCUT2D eigenvalue weighted by Gasteiger charge is -2.29. The molecule has 1 heterocycles. The molecule has 0 aliphatic carbocycles. The predicted molar refractivity (Wildman–Crippen MR) is 87.9 cm³/mol. The standard InChI is InChI=1S/C16H21N3O5/c1-11-2-3-13(19(23)24)10-14(11)17-15(20)6-9-18-7-4-12(5-8-18)16(21)22/h2-3,10,12H,4-9H2,1H3,(H,17,20)(H,21,22). The highest BCUT2D eigenvalue weighted by molar-refractivity contribution is 5.92. The number of nitro benzene ring substituents is 1. The zero-order chi connectivity index (χ0) is 17.7. The summed E-state index contributed by atoms with van der Waals surface area (Å²) in [5.41, 5.74) is 1.14. The summed E-state index contributed by atoms with van der Waals surface area (Å²) in [5, 5.41) is 22.5. The molecule has 0 unspecified atom stereocenters. The number of nitro groups is 1. The lowest BCUT2D eigenvalue weighted by Crippen LogP contribution is -2.37. The van der Waals surface area contributed by atoms with Crippen LogP contribution in [0.5, 0.6) is 0 Å². The molecule has 0 atom stereocenters.